The molecule has 3 aliphatic rings. The van der Waals surface area contributed by atoms with Gasteiger partial charge in [0.15, 0.2) is 0 Å². The molecule has 1 atom stereocenters. The fourth-order valence-corrected chi connectivity index (χ4v) is 5.92. The second-order valence-electron chi connectivity index (χ2n) is 8.48. The highest BCUT2D eigenvalue weighted by molar-refractivity contribution is 7.10. The van der Waals surface area contributed by atoms with Crippen LogP contribution < -0.4 is 5.32 Å². The van der Waals surface area contributed by atoms with E-state index >= 15 is 0 Å². The standard InChI is InChI=1S/C23H26N4O3S/c28-20(26-12-10-25(11-13-26)15-17-5-2-1-3-6-17)16-27-21(29)23(24-22(27)30)9-4-7-19-18(23)8-14-31-19/h1-3,5-6,8,14H,4,7,9-13,15-16H2,(H,24,30)/t23-/m1/s1. The normalized spacial score (nSPS) is 23.9. The Kier molecular flexibility index (Phi) is 5.27. The maximum Gasteiger partial charge on any atom is 0.325 e. The number of nitrogens with one attached hydrogen (secondary N) is 1. The van der Waals surface area contributed by atoms with Crippen LogP contribution in [0, 0.1) is 0 Å². The van der Waals surface area contributed by atoms with Gasteiger partial charge in [-0.25, -0.2) is 4.79 Å². The van der Waals surface area contributed by atoms with Gasteiger partial charge in [-0.2, -0.15) is 0 Å². The zero-order chi connectivity index (χ0) is 21.4. The Morgan fingerprint density at radius 1 is 1.06 bits per heavy atom. The SMILES string of the molecule is O=C(CN1C(=O)N[C@@]2(CCCc3sccc32)C1=O)N1CCN(Cc2ccccc2)CC1. The van der Waals surface area contributed by atoms with Crippen molar-refractivity contribution in [2.75, 3.05) is 32.7 Å². The van der Waals surface area contributed by atoms with E-state index in [1.807, 2.05) is 29.6 Å². The first kappa shape index (κ1) is 20.2. The number of hydrogen-bond donors (Lipinski definition) is 1. The molecule has 1 spiro atoms. The lowest BCUT2D eigenvalue weighted by Gasteiger charge is -2.35. The molecule has 7 nitrogen and oxygen atoms in total. The monoisotopic (exact) mass is 438 g/mol. The van der Waals surface area contributed by atoms with Gasteiger partial charge in [0.05, 0.1) is 0 Å². The van der Waals surface area contributed by atoms with Gasteiger partial charge in [0, 0.05) is 43.2 Å². The Hall–Kier alpha value is -2.71. The van der Waals surface area contributed by atoms with Crippen molar-refractivity contribution in [2.24, 2.45) is 0 Å². The molecular formula is C23H26N4O3S. The number of carbonyl (C=O) groups excluding carboxylic acids is 3. The second-order valence-corrected chi connectivity index (χ2v) is 9.48. The summed E-state index contributed by atoms with van der Waals surface area (Å²) in [7, 11) is 0. The van der Waals surface area contributed by atoms with Crippen LogP contribution in [0.3, 0.4) is 0 Å². The van der Waals surface area contributed by atoms with Crippen molar-refractivity contribution in [3.8, 4) is 0 Å². The average molecular weight is 439 g/mol. The Labute approximate surface area is 185 Å². The van der Waals surface area contributed by atoms with Crippen molar-refractivity contribution in [1.29, 1.82) is 0 Å². The first-order chi connectivity index (χ1) is 15.1. The van der Waals surface area contributed by atoms with E-state index in [2.05, 4.69) is 22.3 Å². The molecule has 2 aromatic rings. The summed E-state index contributed by atoms with van der Waals surface area (Å²) in [6, 6.07) is 11.8. The molecule has 1 aromatic heterocycles. The number of hydrogen-bond acceptors (Lipinski definition) is 5. The van der Waals surface area contributed by atoms with Crippen molar-refractivity contribution in [3.63, 3.8) is 0 Å². The summed E-state index contributed by atoms with van der Waals surface area (Å²) in [6.07, 6.45) is 2.37. The first-order valence-electron chi connectivity index (χ1n) is 10.8. The minimum atomic E-state index is -0.987. The molecule has 4 amide bonds. The lowest BCUT2D eigenvalue weighted by Crippen LogP contribution is -2.52. The topological polar surface area (TPSA) is 73.0 Å². The predicted octanol–water partition coefficient (Wildman–Crippen LogP) is 2.18. The van der Waals surface area contributed by atoms with E-state index in [9.17, 15) is 14.4 Å². The van der Waals surface area contributed by atoms with Gasteiger partial charge in [0.2, 0.25) is 5.91 Å². The molecule has 2 saturated heterocycles. The fraction of sp³-hybridized carbons (Fsp3) is 0.435. The van der Waals surface area contributed by atoms with E-state index in [1.165, 1.54) is 5.56 Å². The number of piperazine rings is 1. The number of amides is 4. The highest BCUT2D eigenvalue weighted by Crippen LogP contribution is 2.42. The van der Waals surface area contributed by atoms with Crippen LogP contribution in [0.15, 0.2) is 41.8 Å². The van der Waals surface area contributed by atoms with Gasteiger partial charge in [-0.15, -0.1) is 11.3 Å². The van der Waals surface area contributed by atoms with Crippen LogP contribution in [0.4, 0.5) is 4.79 Å². The number of carbonyl (C=O) groups is 3. The number of imide groups is 1. The van der Waals surface area contributed by atoms with Gasteiger partial charge in [0.25, 0.3) is 5.91 Å². The number of aryl methyl sites for hydroxylation is 1. The van der Waals surface area contributed by atoms with Gasteiger partial charge in [-0.1, -0.05) is 30.3 Å². The maximum absolute atomic E-state index is 13.3. The summed E-state index contributed by atoms with van der Waals surface area (Å²) < 4.78 is 0. The molecule has 162 valence electrons. The third-order valence-corrected chi connectivity index (χ3v) is 7.58. The largest absolute Gasteiger partial charge is 0.339 e. The molecule has 0 saturated carbocycles. The lowest BCUT2D eigenvalue weighted by atomic mass is 9.80. The van der Waals surface area contributed by atoms with Crippen molar-refractivity contribution in [3.05, 3.63) is 57.8 Å². The third kappa shape index (κ3) is 3.64. The van der Waals surface area contributed by atoms with Crippen molar-refractivity contribution in [1.82, 2.24) is 20.0 Å². The molecule has 3 heterocycles. The minimum Gasteiger partial charge on any atom is -0.339 e. The van der Waals surface area contributed by atoms with Crippen LogP contribution in [-0.2, 0) is 28.1 Å². The van der Waals surface area contributed by atoms with E-state index in [0.29, 0.717) is 19.5 Å². The number of urea groups is 1. The van der Waals surface area contributed by atoms with Crippen LogP contribution in [-0.4, -0.2) is 65.3 Å². The molecule has 1 N–H and O–H groups in total. The van der Waals surface area contributed by atoms with Gasteiger partial charge in [-0.3, -0.25) is 19.4 Å². The zero-order valence-corrected chi connectivity index (χ0v) is 18.2. The first-order valence-corrected chi connectivity index (χ1v) is 11.7. The Balaban J connectivity index is 1.21. The predicted molar refractivity (Wildman–Crippen MR) is 117 cm³/mol. The van der Waals surface area contributed by atoms with E-state index in [-0.39, 0.29) is 18.4 Å². The molecular weight excluding hydrogens is 412 g/mol. The molecule has 8 heteroatoms. The summed E-state index contributed by atoms with van der Waals surface area (Å²) >= 11 is 1.63. The van der Waals surface area contributed by atoms with Gasteiger partial charge in [0.1, 0.15) is 12.1 Å². The Morgan fingerprint density at radius 2 is 1.84 bits per heavy atom. The number of nitrogens with zero attached hydrogens (tertiary/aromatic N) is 3. The van der Waals surface area contributed by atoms with Gasteiger partial charge in [-0.05, 0) is 36.3 Å². The molecule has 0 bridgehead atoms. The molecule has 31 heavy (non-hydrogen) atoms. The zero-order valence-electron chi connectivity index (χ0n) is 17.4. The summed E-state index contributed by atoms with van der Waals surface area (Å²) in [4.78, 5) is 45.3. The van der Waals surface area contributed by atoms with Crippen LogP contribution in [0.25, 0.3) is 0 Å². The third-order valence-electron chi connectivity index (χ3n) is 6.60. The Bertz CT molecular complexity index is 999. The van der Waals surface area contributed by atoms with E-state index in [0.717, 1.165) is 47.8 Å². The second kappa shape index (κ2) is 8.09. The average Bonchev–Trinajstić information content (AvgIpc) is 3.36. The Morgan fingerprint density at radius 3 is 2.61 bits per heavy atom. The number of rotatable bonds is 4. The van der Waals surface area contributed by atoms with E-state index < -0.39 is 11.6 Å². The van der Waals surface area contributed by atoms with Gasteiger partial charge >= 0.3 is 6.03 Å². The maximum atomic E-state index is 13.3. The molecule has 0 radical (unpaired) electrons. The lowest BCUT2D eigenvalue weighted by molar-refractivity contribution is -0.140. The highest BCUT2D eigenvalue weighted by atomic mass is 32.1. The van der Waals surface area contributed by atoms with E-state index in [4.69, 9.17) is 0 Å². The molecule has 1 aliphatic carbocycles. The van der Waals surface area contributed by atoms with Gasteiger partial charge < -0.3 is 10.2 Å². The van der Waals surface area contributed by atoms with Crippen molar-refractivity contribution < 1.29 is 14.4 Å². The molecule has 0 unspecified atom stereocenters. The molecule has 1 aromatic carbocycles. The van der Waals surface area contributed by atoms with Crippen LogP contribution >= 0.6 is 11.3 Å². The fourth-order valence-electron chi connectivity index (χ4n) is 4.92. The van der Waals surface area contributed by atoms with Crippen LogP contribution in [0.2, 0.25) is 0 Å². The highest BCUT2D eigenvalue weighted by Gasteiger charge is 2.54. The van der Waals surface area contributed by atoms with E-state index in [1.54, 1.807) is 16.2 Å². The molecule has 5 rings (SSSR count). The summed E-state index contributed by atoms with van der Waals surface area (Å²) in [6.45, 7) is 3.45. The number of benzene rings is 1. The minimum absolute atomic E-state index is 0.165. The number of fused-ring (bicyclic) bond motifs is 2. The van der Waals surface area contributed by atoms with Crippen LogP contribution in [0.5, 0.6) is 0 Å². The number of thiophene rings is 1. The molecule has 2 aliphatic heterocycles. The molecule has 2 fully saturated rings. The smallest absolute Gasteiger partial charge is 0.325 e. The quantitative estimate of drug-likeness (QED) is 0.743. The van der Waals surface area contributed by atoms with Crippen molar-refractivity contribution >= 4 is 29.2 Å². The van der Waals surface area contributed by atoms with Crippen LogP contribution in [0.1, 0.15) is 28.8 Å². The summed E-state index contributed by atoms with van der Waals surface area (Å²) in [5, 5.41) is 4.89. The van der Waals surface area contributed by atoms with Crippen molar-refractivity contribution in [2.45, 2.75) is 31.3 Å². The summed E-state index contributed by atoms with van der Waals surface area (Å²) in [5.74, 6) is -0.450. The summed E-state index contributed by atoms with van der Waals surface area (Å²) in [5.41, 5.74) is 1.18.